The Bertz CT molecular complexity index is 503. The van der Waals surface area contributed by atoms with E-state index in [1.165, 1.54) is 16.8 Å². The summed E-state index contributed by atoms with van der Waals surface area (Å²) in [6.45, 7) is 23.2. The van der Waals surface area contributed by atoms with Gasteiger partial charge >= 0.3 is 0 Å². The minimum absolute atomic E-state index is 0.0552. The summed E-state index contributed by atoms with van der Waals surface area (Å²) >= 11 is 0. The molecule has 0 bridgehead atoms. The van der Waals surface area contributed by atoms with Gasteiger partial charge in [-0.25, -0.2) is 0 Å². The summed E-state index contributed by atoms with van der Waals surface area (Å²) in [6, 6.07) is 6.86. The lowest BCUT2D eigenvalue weighted by Gasteiger charge is -2.51. The zero-order valence-corrected chi connectivity index (χ0v) is 17.7. The maximum Gasteiger partial charge on any atom is 0.114 e. The monoisotopic (exact) mass is 313 g/mol. The highest BCUT2D eigenvalue weighted by Gasteiger charge is 2.37. The van der Waals surface area contributed by atoms with Crippen molar-refractivity contribution < 1.29 is 0 Å². The molecule has 1 nitrogen and oxygen atoms in total. The van der Waals surface area contributed by atoms with Gasteiger partial charge in [0.05, 0.1) is 0 Å². The van der Waals surface area contributed by atoms with Crippen LogP contribution in [0.3, 0.4) is 0 Å². The van der Waals surface area contributed by atoms with Crippen molar-refractivity contribution >= 4 is 21.4 Å². The number of rotatable bonds is 3. The molecule has 0 N–H and O–H groups in total. The molecule has 0 radical (unpaired) electrons. The summed E-state index contributed by atoms with van der Waals surface area (Å²) in [4.78, 5) is 2.63. The van der Waals surface area contributed by atoms with Gasteiger partial charge in [0, 0.05) is 16.8 Å². The number of nitrogens with zero attached hydrogens (tertiary/aromatic N) is 1. The highest BCUT2D eigenvalue weighted by molar-refractivity contribution is 6.17. The molecule has 1 aromatic rings. The molecular weight excluding hydrogens is 276 g/mol. The zero-order valence-electron chi connectivity index (χ0n) is 17.7. The largest absolute Gasteiger partial charge is 0.361 e. The topological polar surface area (TPSA) is 3.24 Å². The van der Waals surface area contributed by atoms with Crippen molar-refractivity contribution in [1.82, 2.24) is 0 Å². The minimum Gasteiger partial charge on any atom is -0.361 e. The normalized spacial score (nSPS) is 14.0. The first-order chi connectivity index (χ1) is 9.97. The maximum absolute atomic E-state index is 2.63. The van der Waals surface area contributed by atoms with Crippen LogP contribution in [0.1, 0.15) is 80.4 Å². The molecule has 0 heterocycles. The van der Waals surface area contributed by atoms with Crippen LogP contribution in [-0.2, 0) is 10.6 Å². The fourth-order valence-corrected chi connectivity index (χ4v) is 3.67. The summed E-state index contributed by atoms with van der Waals surface area (Å²) in [7, 11) is 4.64. The van der Waals surface area contributed by atoms with Gasteiger partial charge in [-0.15, -0.1) is 0 Å². The van der Waals surface area contributed by atoms with Crippen molar-refractivity contribution in [3.63, 3.8) is 0 Å². The van der Waals surface area contributed by atoms with E-state index in [1.54, 1.807) is 0 Å². The molecule has 23 heavy (non-hydrogen) atoms. The van der Waals surface area contributed by atoms with Gasteiger partial charge in [0.25, 0.3) is 0 Å². The molecule has 0 aliphatic carbocycles. The molecule has 0 atom stereocenters. The maximum atomic E-state index is 2.63. The highest BCUT2D eigenvalue weighted by Crippen LogP contribution is 2.43. The van der Waals surface area contributed by atoms with E-state index in [4.69, 9.17) is 0 Å². The predicted octanol–water partition coefficient (Wildman–Crippen LogP) is 3.83. The van der Waals surface area contributed by atoms with Crippen LogP contribution in [0, 0.1) is 0 Å². The summed E-state index contributed by atoms with van der Waals surface area (Å²) in [6.07, 6.45) is 0. The summed E-state index contributed by atoms with van der Waals surface area (Å²) in [5.74, 6) is 0. The molecular formula is C20H37B2N. The molecule has 1 rings (SSSR count). The van der Waals surface area contributed by atoms with Crippen LogP contribution in [0.4, 0.5) is 5.69 Å². The number of hydrogen-bond donors (Lipinski definition) is 0. The fourth-order valence-electron chi connectivity index (χ4n) is 3.67. The number of anilines is 1. The summed E-state index contributed by atoms with van der Waals surface area (Å²) in [5, 5.41) is 0.233. The van der Waals surface area contributed by atoms with Crippen LogP contribution >= 0.6 is 0 Å². The predicted molar refractivity (Wildman–Crippen MR) is 112 cm³/mol. The quantitative estimate of drug-likeness (QED) is 0.767. The van der Waals surface area contributed by atoms with Crippen molar-refractivity contribution in [2.75, 3.05) is 4.90 Å². The molecule has 0 amide bonds. The first kappa shape index (κ1) is 20.2. The molecule has 0 aliphatic heterocycles. The third kappa shape index (κ3) is 4.58. The van der Waals surface area contributed by atoms with Crippen LogP contribution in [-0.4, -0.2) is 26.8 Å². The van der Waals surface area contributed by atoms with Gasteiger partial charge in [0.15, 0.2) is 0 Å². The Morgan fingerprint density at radius 3 is 1.17 bits per heavy atom. The second kappa shape index (κ2) is 5.90. The van der Waals surface area contributed by atoms with E-state index < -0.39 is 0 Å². The van der Waals surface area contributed by atoms with Crippen molar-refractivity contribution in [2.24, 2.45) is 0 Å². The second-order valence-corrected chi connectivity index (χ2v) is 10.9. The summed E-state index contributed by atoms with van der Waals surface area (Å²) < 4.78 is 0. The molecule has 1 aromatic carbocycles. The van der Waals surface area contributed by atoms with E-state index >= 15 is 0 Å². The Labute approximate surface area is 147 Å². The van der Waals surface area contributed by atoms with Crippen molar-refractivity contribution in [2.45, 2.75) is 90.9 Å². The van der Waals surface area contributed by atoms with E-state index in [9.17, 15) is 0 Å². The lowest BCUT2D eigenvalue weighted by molar-refractivity contribution is 0.376. The highest BCUT2D eigenvalue weighted by atomic mass is 15.2. The second-order valence-electron chi connectivity index (χ2n) is 10.9. The van der Waals surface area contributed by atoms with E-state index in [1.807, 2.05) is 0 Å². The van der Waals surface area contributed by atoms with E-state index in [0.29, 0.717) is 0 Å². The third-order valence-electron chi connectivity index (χ3n) is 4.22. The van der Waals surface area contributed by atoms with Crippen molar-refractivity contribution in [3.8, 4) is 0 Å². The standard InChI is InChI=1S/C20H37B2N/c1-17(2,3)23(18(4,5)6)16-14(19(7,8)21)12-11-13-15(16)20(9,10)22/h11-13H,21-22H2,1-10H3. The van der Waals surface area contributed by atoms with Crippen molar-refractivity contribution in [3.05, 3.63) is 29.3 Å². The minimum atomic E-state index is 0.0552. The Hall–Kier alpha value is -0.850. The molecule has 0 aromatic heterocycles. The first-order valence-corrected chi connectivity index (χ1v) is 8.91. The van der Waals surface area contributed by atoms with Crippen molar-refractivity contribution in [1.29, 1.82) is 0 Å². The first-order valence-electron chi connectivity index (χ1n) is 8.91. The summed E-state index contributed by atoms with van der Waals surface area (Å²) in [5.41, 5.74) is 4.41. The van der Waals surface area contributed by atoms with Gasteiger partial charge in [0.1, 0.15) is 15.7 Å². The van der Waals surface area contributed by atoms with Gasteiger partial charge in [-0.3, -0.25) is 0 Å². The van der Waals surface area contributed by atoms with Gasteiger partial charge in [-0.05, 0) is 63.3 Å². The average Bonchev–Trinajstić information content (AvgIpc) is 2.21. The Balaban J connectivity index is 3.91. The molecule has 128 valence electrons. The number of benzene rings is 1. The van der Waals surface area contributed by atoms with Crippen LogP contribution in [0.25, 0.3) is 0 Å². The molecule has 0 saturated heterocycles. The average molecular weight is 313 g/mol. The lowest BCUT2D eigenvalue weighted by Crippen LogP contribution is -2.54. The molecule has 0 unspecified atom stereocenters. The lowest BCUT2D eigenvalue weighted by atomic mass is 9.62. The Morgan fingerprint density at radius 1 is 0.652 bits per heavy atom. The van der Waals surface area contributed by atoms with Crippen LogP contribution in [0.5, 0.6) is 0 Å². The third-order valence-corrected chi connectivity index (χ3v) is 4.22. The Kier molecular flexibility index (Phi) is 5.18. The van der Waals surface area contributed by atoms with Gasteiger partial charge in [0.2, 0.25) is 0 Å². The van der Waals surface area contributed by atoms with Gasteiger partial charge in [-0.2, -0.15) is 0 Å². The SMILES string of the molecule is BC(C)(C)c1cccc(C(B)(C)C)c1N(C(C)(C)C)C(C)(C)C. The number of hydrogen-bond acceptors (Lipinski definition) is 1. The Morgan fingerprint density at radius 2 is 0.957 bits per heavy atom. The van der Waals surface area contributed by atoms with Gasteiger partial charge < -0.3 is 4.90 Å². The zero-order chi connectivity index (χ0) is 18.4. The van der Waals surface area contributed by atoms with Crippen LogP contribution < -0.4 is 4.90 Å². The fraction of sp³-hybridized carbons (Fsp3) is 0.700. The van der Waals surface area contributed by atoms with E-state index in [-0.39, 0.29) is 21.7 Å². The molecule has 0 aliphatic rings. The molecule has 0 saturated carbocycles. The number of para-hydroxylation sites is 1. The van der Waals surface area contributed by atoms with E-state index in [2.05, 4.69) is 108 Å². The van der Waals surface area contributed by atoms with E-state index in [0.717, 1.165) is 0 Å². The van der Waals surface area contributed by atoms with Crippen LogP contribution in [0.15, 0.2) is 18.2 Å². The molecule has 0 fully saturated rings. The van der Waals surface area contributed by atoms with Gasteiger partial charge in [-0.1, -0.05) is 45.9 Å². The smallest absolute Gasteiger partial charge is 0.114 e. The molecule has 0 spiro atoms. The van der Waals surface area contributed by atoms with Crippen LogP contribution in [0.2, 0.25) is 0 Å². The molecule has 3 heteroatoms.